The van der Waals surface area contributed by atoms with Gasteiger partial charge in [-0.05, 0) is 30.8 Å². The molecule has 110 valence electrons. The molecule has 20 heavy (non-hydrogen) atoms. The predicted octanol–water partition coefficient (Wildman–Crippen LogP) is 4.15. The van der Waals surface area contributed by atoms with E-state index in [0.717, 1.165) is 6.42 Å². The van der Waals surface area contributed by atoms with E-state index in [9.17, 15) is 4.79 Å². The van der Waals surface area contributed by atoms with Crippen molar-refractivity contribution in [3.05, 3.63) is 36.0 Å². The minimum atomic E-state index is 0.0360. The summed E-state index contributed by atoms with van der Waals surface area (Å²) in [4.78, 5) is 12.4. The molecule has 2 aliphatic carbocycles. The van der Waals surface area contributed by atoms with Gasteiger partial charge in [-0.2, -0.15) is 0 Å². The molecule has 0 aromatic rings. The Bertz CT molecular complexity index is 413. The fourth-order valence-corrected chi connectivity index (χ4v) is 3.12. The van der Waals surface area contributed by atoms with Gasteiger partial charge in [-0.25, -0.2) is 0 Å². The van der Waals surface area contributed by atoms with Crippen molar-refractivity contribution in [3.8, 4) is 0 Å². The van der Waals surface area contributed by atoms with Gasteiger partial charge in [0.05, 0.1) is 6.04 Å². The van der Waals surface area contributed by atoms with Crippen LogP contribution in [-0.2, 0) is 4.79 Å². The smallest absolute Gasteiger partial charge is 0.223 e. The van der Waals surface area contributed by atoms with E-state index < -0.39 is 0 Å². The van der Waals surface area contributed by atoms with E-state index in [1.807, 2.05) is 0 Å². The van der Waals surface area contributed by atoms with Crippen LogP contribution in [0.15, 0.2) is 36.0 Å². The van der Waals surface area contributed by atoms with E-state index in [1.54, 1.807) is 0 Å². The summed E-state index contributed by atoms with van der Waals surface area (Å²) in [5.74, 6) is 0.918. The molecule has 1 fully saturated rings. The third kappa shape index (κ3) is 4.09. The molecule has 0 spiro atoms. The first-order valence-electron chi connectivity index (χ1n) is 8.06. The molecule has 2 rings (SSSR count). The van der Waals surface area contributed by atoms with Crippen molar-refractivity contribution >= 4 is 5.91 Å². The zero-order valence-corrected chi connectivity index (χ0v) is 12.8. The number of amides is 1. The molecule has 1 unspecified atom stereocenters. The minimum Gasteiger partial charge on any atom is -0.346 e. The lowest BCUT2D eigenvalue weighted by atomic mass is 9.80. The highest BCUT2D eigenvalue weighted by Gasteiger charge is 2.26. The zero-order chi connectivity index (χ0) is 14.4. The van der Waals surface area contributed by atoms with Crippen molar-refractivity contribution < 1.29 is 4.79 Å². The number of rotatable bonds is 4. The first kappa shape index (κ1) is 15.1. The van der Waals surface area contributed by atoms with Crippen molar-refractivity contribution in [3.63, 3.8) is 0 Å². The van der Waals surface area contributed by atoms with Crippen LogP contribution in [0.2, 0.25) is 0 Å². The Balaban J connectivity index is 1.88. The zero-order valence-electron chi connectivity index (χ0n) is 12.8. The molecule has 0 aromatic carbocycles. The average Bonchev–Trinajstić information content (AvgIpc) is 2.72. The summed E-state index contributed by atoms with van der Waals surface area (Å²) >= 11 is 0. The van der Waals surface area contributed by atoms with Crippen LogP contribution < -0.4 is 5.32 Å². The predicted molar refractivity (Wildman–Crippen MR) is 84.3 cm³/mol. The Labute approximate surface area is 123 Å². The lowest BCUT2D eigenvalue weighted by Gasteiger charge is -2.27. The maximum Gasteiger partial charge on any atom is 0.223 e. The maximum atomic E-state index is 12.4. The Morgan fingerprint density at radius 1 is 1.30 bits per heavy atom. The molecule has 1 N–H and O–H groups in total. The monoisotopic (exact) mass is 273 g/mol. The topological polar surface area (TPSA) is 29.1 Å². The summed E-state index contributed by atoms with van der Waals surface area (Å²) in [6, 6.07) is 0.0360. The molecule has 0 radical (unpaired) electrons. The van der Waals surface area contributed by atoms with E-state index in [-0.39, 0.29) is 17.9 Å². The summed E-state index contributed by atoms with van der Waals surface area (Å²) in [6.07, 6.45) is 17.8. The quantitative estimate of drug-likeness (QED) is 0.819. The third-order valence-electron chi connectivity index (χ3n) is 4.63. The van der Waals surface area contributed by atoms with E-state index in [4.69, 9.17) is 0 Å². The summed E-state index contributed by atoms with van der Waals surface area (Å²) in [7, 11) is 0. The van der Waals surface area contributed by atoms with E-state index in [0.29, 0.717) is 5.92 Å². The summed E-state index contributed by atoms with van der Waals surface area (Å²) in [5, 5.41) is 3.15. The van der Waals surface area contributed by atoms with Crippen molar-refractivity contribution in [2.24, 2.45) is 11.8 Å². The molecule has 0 aliphatic heterocycles. The third-order valence-corrected chi connectivity index (χ3v) is 4.63. The summed E-state index contributed by atoms with van der Waals surface area (Å²) in [5.41, 5.74) is 1.30. The highest BCUT2D eigenvalue weighted by Crippen LogP contribution is 2.30. The average molecular weight is 273 g/mol. The molecule has 2 aliphatic rings. The van der Waals surface area contributed by atoms with Gasteiger partial charge in [0.1, 0.15) is 0 Å². The Hall–Kier alpha value is -1.31. The number of allylic oxidation sites excluding steroid dienone is 4. The van der Waals surface area contributed by atoms with Gasteiger partial charge in [-0.15, -0.1) is 0 Å². The molecule has 0 aromatic heterocycles. The number of hydrogen-bond donors (Lipinski definition) is 1. The minimum absolute atomic E-state index is 0.0360. The molecule has 2 atom stereocenters. The van der Waals surface area contributed by atoms with Crippen LogP contribution in [0.1, 0.15) is 52.4 Å². The molecular weight excluding hydrogens is 246 g/mol. The van der Waals surface area contributed by atoms with Gasteiger partial charge in [-0.3, -0.25) is 4.79 Å². The van der Waals surface area contributed by atoms with Crippen molar-refractivity contribution in [2.75, 3.05) is 0 Å². The fourth-order valence-electron chi connectivity index (χ4n) is 3.12. The fraction of sp³-hybridized carbons (Fsp3) is 0.611. The van der Waals surface area contributed by atoms with Crippen molar-refractivity contribution in [1.29, 1.82) is 0 Å². The van der Waals surface area contributed by atoms with Crippen LogP contribution >= 0.6 is 0 Å². The second-order valence-corrected chi connectivity index (χ2v) is 6.06. The van der Waals surface area contributed by atoms with E-state index >= 15 is 0 Å². The number of hydrogen-bond acceptors (Lipinski definition) is 1. The van der Waals surface area contributed by atoms with Crippen LogP contribution in [0.25, 0.3) is 0 Å². The van der Waals surface area contributed by atoms with Gasteiger partial charge in [0.15, 0.2) is 0 Å². The van der Waals surface area contributed by atoms with Gasteiger partial charge in [-0.1, -0.05) is 63.5 Å². The van der Waals surface area contributed by atoms with Crippen LogP contribution in [0, 0.1) is 11.8 Å². The van der Waals surface area contributed by atoms with Gasteiger partial charge < -0.3 is 5.32 Å². The molecule has 0 bridgehead atoms. The van der Waals surface area contributed by atoms with Crippen LogP contribution in [0.4, 0.5) is 0 Å². The number of carbonyl (C=O) groups is 1. The molecule has 1 saturated carbocycles. The van der Waals surface area contributed by atoms with Crippen LogP contribution in [-0.4, -0.2) is 11.9 Å². The van der Waals surface area contributed by atoms with Gasteiger partial charge >= 0.3 is 0 Å². The molecule has 2 heteroatoms. The largest absolute Gasteiger partial charge is 0.346 e. The van der Waals surface area contributed by atoms with Gasteiger partial charge in [0.25, 0.3) is 0 Å². The first-order chi connectivity index (χ1) is 9.70. The molecular formula is C18H27NO. The molecule has 1 amide bonds. The van der Waals surface area contributed by atoms with Crippen molar-refractivity contribution in [2.45, 2.75) is 58.4 Å². The highest BCUT2D eigenvalue weighted by atomic mass is 16.1. The number of carbonyl (C=O) groups excluding carboxylic acids is 1. The Morgan fingerprint density at radius 2 is 2.05 bits per heavy atom. The van der Waals surface area contributed by atoms with Crippen molar-refractivity contribution in [1.82, 2.24) is 5.32 Å². The Kier molecular flexibility index (Phi) is 5.63. The lowest BCUT2D eigenvalue weighted by Crippen LogP contribution is -2.39. The maximum absolute atomic E-state index is 12.4. The second kappa shape index (κ2) is 7.47. The molecule has 0 saturated heterocycles. The van der Waals surface area contributed by atoms with Gasteiger partial charge in [0, 0.05) is 5.92 Å². The second-order valence-electron chi connectivity index (χ2n) is 6.06. The SMILES string of the molecule is CCC1=CC=CC(NC(=O)[C@H](C)C2CCCCC2)C=C1. The van der Waals surface area contributed by atoms with E-state index in [1.165, 1.54) is 37.7 Å². The van der Waals surface area contributed by atoms with Crippen LogP contribution in [0.5, 0.6) is 0 Å². The molecule has 2 nitrogen and oxygen atoms in total. The molecule has 0 heterocycles. The lowest BCUT2D eigenvalue weighted by molar-refractivity contribution is -0.126. The standard InChI is InChI=1S/C18H27NO/c1-3-15-8-7-11-17(13-12-15)19-18(20)14(2)16-9-5-4-6-10-16/h7-8,11-14,16-17H,3-6,9-10H2,1-2H3,(H,19,20)/t14-,17?/m1/s1. The normalized spacial score (nSPS) is 24.9. The summed E-state index contributed by atoms with van der Waals surface area (Å²) in [6.45, 7) is 4.24. The number of nitrogens with one attached hydrogen (secondary N) is 1. The first-order valence-corrected chi connectivity index (χ1v) is 8.06. The highest BCUT2D eigenvalue weighted by molar-refractivity contribution is 5.79. The van der Waals surface area contributed by atoms with Gasteiger partial charge in [0.2, 0.25) is 5.91 Å². The summed E-state index contributed by atoms with van der Waals surface area (Å²) < 4.78 is 0. The van der Waals surface area contributed by atoms with E-state index in [2.05, 4.69) is 49.5 Å². The van der Waals surface area contributed by atoms with Crippen LogP contribution in [0.3, 0.4) is 0 Å². The Morgan fingerprint density at radius 3 is 2.75 bits per heavy atom.